The van der Waals surface area contributed by atoms with Gasteiger partial charge in [0.05, 0.1) is 18.4 Å². The third-order valence-electron chi connectivity index (χ3n) is 1.37. The van der Waals surface area contributed by atoms with Gasteiger partial charge in [-0.25, -0.2) is 0 Å². The summed E-state index contributed by atoms with van der Waals surface area (Å²) in [6, 6.07) is 1.83. The van der Waals surface area contributed by atoms with Crippen molar-refractivity contribution in [3.63, 3.8) is 0 Å². The topological polar surface area (TPSA) is 34.2 Å². The Hall–Kier alpha value is -1.25. The molecule has 3 nitrogen and oxygen atoms in total. The number of ether oxygens (including phenoxy) is 1. The average molecular weight is 135 g/mol. The molecule has 0 aliphatic carbocycles. The molecule has 0 amide bonds. The maximum Gasteiger partial charge on any atom is 0.154 e. The van der Waals surface area contributed by atoms with Gasteiger partial charge in [-0.3, -0.25) is 4.98 Å². The summed E-state index contributed by atoms with van der Waals surface area (Å²) in [6.07, 6.45) is 3.46. The minimum Gasteiger partial charge on any atom is -0.482 e. The Morgan fingerprint density at radius 2 is 2.60 bits per heavy atom. The molecule has 1 aliphatic heterocycles. The van der Waals surface area contributed by atoms with E-state index in [9.17, 15) is 0 Å². The Morgan fingerprint density at radius 3 is 3.50 bits per heavy atom. The minimum absolute atomic E-state index is 0.749. The molecule has 0 atom stereocenters. The van der Waals surface area contributed by atoms with Crippen LogP contribution in [0.15, 0.2) is 18.5 Å². The largest absolute Gasteiger partial charge is 0.482 e. The van der Waals surface area contributed by atoms with Crippen LogP contribution >= 0.6 is 0 Å². The number of nitrogens with one attached hydrogen (secondary N) is 1. The van der Waals surface area contributed by atoms with Crippen LogP contribution < -0.4 is 10.1 Å². The maximum atomic E-state index is 5.20. The zero-order valence-corrected chi connectivity index (χ0v) is 5.37. The second-order valence-corrected chi connectivity index (χ2v) is 2.04. The Kier molecular flexibility index (Phi) is 1.20. The summed E-state index contributed by atoms with van der Waals surface area (Å²) in [7, 11) is 0. The van der Waals surface area contributed by atoms with Gasteiger partial charge in [0.2, 0.25) is 0 Å². The maximum absolute atomic E-state index is 5.20. The van der Waals surface area contributed by atoms with E-state index in [0.29, 0.717) is 0 Å². The van der Waals surface area contributed by atoms with Crippen LogP contribution in [-0.2, 0) is 0 Å². The smallest absolute Gasteiger partial charge is 0.154 e. The van der Waals surface area contributed by atoms with Crippen molar-refractivity contribution in [2.24, 2.45) is 0 Å². The van der Waals surface area contributed by atoms with Crippen LogP contribution in [-0.4, -0.2) is 11.5 Å². The number of fused-ring (bicyclic) bond motifs is 1. The molecule has 51 valence electrons. The fourth-order valence-electron chi connectivity index (χ4n) is 0.900. The summed E-state index contributed by atoms with van der Waals surface area (Å²) < 4.78 is 5.20. The number of hydrogen-bond acceptors (Lipinski definition) is 3. The molecule has 0 spiro atoms. The molecule has 2 rings (SSSR count). The highest BCUT2D eigenvalue weighted by Gasteiger charge is 2.07. The highest BCUT2D eigenvalue weighted by molar-refractivity contribution is 5.55. The number of anilines is 1. The first-order valence-electron chi connectivity index (χ1n) is 3.13. The zero-order valence-electron chi connectivity index (χ0n) is 5.37. The van der Waals surface area contributed by atoms with E-state index in [-0.39, 0.29) is 0 Å². The lowest BCUT2D eigenvalue weighted by Gasteiger charge is -2.16. The Balaban J connectivity index is 2.41. The van der Waals surface area contributed by atoms with Crippen molar-refractivity contribution in [1.82, 2.24) is 4.98 Å². The van der Waals surface area contributed by atoms with E-state index >= 15 is 0 Å². The van der Waals surface area contributed by atoms with Crippen LogP contribution in [0, 0.1) is 6.61 Å². The van der Waals surface area contributed by atoms with Gasteiger partial charge in [-0.1, -0.05) is 0 Å². The first-order chi connectivity index (χ1) is 4.97. The van der Waals surface area contributed by atoms with Crippen molar-refractivity contribution >= 4 is 5.69 Å². The SMILES string of the molecule is [CH]1CNc2cnccc2O1. The second kappa shape index (κ2) is 2.17. The van der Waals surface area contributed by atoms with Crippen molar-refractivity contribution in [2.75, 3.05) is 11.9 Å². The average Bonchev–Trinajstić information content (AvgIpc) is 2.05. The van der Waals surface area contributed by atoms with Crippen LogP contribution in [0.5, 0.6) is 5.75 Å². The van der Waals surface area contributed by atoms with E-state index in [1.807, 2.05) is 6.07 Å². The van der Waals surface area contributed by atoms with Gasteiger partial charge in [0, 0.05) is 12.3 Å². The summed E-state index contributed by atoms with van der Waals surface area (Å²) in [4.78, 5) is 3.94. The molecule has 0 bridgehead atoms. The summed E-state index contributed by atoms with van der Waals surface area (Å²) in [5.74, 6) is 0.848. The standard InChI is InChI=1S/C7H7N2O/c1-2-8-5-6-7(1)10-4-3-9-6/h1-2,4-5,9H,3H2. The number of nitrogens with zero attached hydrogens (tertiary/aromatic N) is 1. The number of hydrogen-bond donors (Lipinski definition) is 1. The molecule has 3 heteroatoms. The molecule has 1 aliphatic rings. The highest BCUT2D eigenvalue weighted by Crippen LogP contribution is 2.25. The third-order valence-corrected chi connectivity index (χ3v) is 1.37. The molecule has 1 aromatic heterocycles. The van der Waals surface area contributed by atoms with E-state index in [0.717, 1.165) is 18.0 Å². The fraction of sp³-hybridized carbons (Fsp3) is 0.143. The predicted octanol–water partition coefficient (Wildman–Crippen LogP) is 1.05. The van der Waals surface area contributed by atoms with Gasteiger partial charge < -0.3 is 10.1 Å². The Bertz CT molecular complexity index is 212. The van der Waals surface area contributed by atoms with E-state index < -0.39 is 0 Å². The molecular weight excluding hydrogens is 128 g/mol. The lowest BCUT2D eigenvalue weighted by Crippen LogP contribution is -2.12. The normalized spacial score (nSPS) is 14.8. The van der Waals surface area contributed by atoms with Crippen molar-refractivity contribution in [3.8, 4) is 5.75 Å². The summed E-state index contributed by atoms with van der Waals surface area (Å²) in [5.41, 5.74) is 0.963. The molecular formula is C7H7N2O. The van der Waals surface area contributed by atoms with Gasteiger partial charge in [0.1, 0.15) is 5.75 Å². The molecule has 2 heterocycles. The van der Waals surface area contributed by atoms with Crippen LogP contribution in [0.2, 0.25) is 0 Å². The molecule has 0 saturated carbocycles. The van der Waals surface area contributed by atoms with Crippen LogP contribution in [0.25, 0.3) is 0 Å². The lowest BCUT2D eigenvalue weighted by atomic mass is 10.3. The van der Waals surface area contributed by atoms with E-state index in [4.69, 9.17) is 4.74 Å². The van der Waals surface area contributed by atoms with Gasteiger partial charge in [-0.15, -0.1) is 0 Å². The molecule has 0 fully saturated rings. The molecule has 0 aromatic carbocycles. The quantitative estimate of drug-likeness (QED) is 0.577. The first-order valence-corrected chi connectivity index (χ1v) is 3.13. The molecule has 0 unspecified atom stereocenters. The summed E-state index contributed by atoms with van der Waals surface area (Å²) in [6.45, 7) is 2.47. The number of aromatic nitrogens is 1. The van der Waals surface area contributed by atoms with Crippen LogP contribution in [0.1, 0.15) is 0 Å². The number of rotatable bonds is 0. The van der Waals surface area contributed by atoms with Crippen LogP contribution in [0.3, 0.4) is 0 Å². The Labute approximate surface area is 59.0 Å². The molecule has 1 aromatic rings. The number of pyridine rings is 1. The predicted molar refractivity (Wildman–Crippen MR) is 37.7 cm³/mol. The highest BCUT2D eigenvalue weighted by atomic mass is 16.5. The molecule has 0 saturated heterocycles. The fourth-order valence-corrected chi connectivity index (χ4v) is 0.900. The van der Waals surface area contributed by atoms with Gasteiger partial charge in [0.15, 0.2) is 6.61 Å². The lowest BCUT2D eigenvalue weighted by molar-refractivity contribution is 0.400. The zero-order chi connectivity index (χ0) is 6.81. The van der Waals surface area contributed by atoms with E-state index in [1.165, 1.54) is 0 Å². The summed E-state index contributed by atoms with van der Waals surface area (Å²) in [5, 5.41) is 3.12. The van der Waals surface area contributed by atoms with Gasteiger partial charge in [0.25, 0.3) is 0 Å². The van der Waals surface area contributed by atoms with Crippen molar-refractivity contribution in [1.29, 1.82) is 0 Å². The van der Waals surface area contributed by atoms with Crippen molar-refractivity contribution in [3.05, 3.63) is 25.1 Å². The second-order valence-electron chi connectivity index (χ2n) is 2.04. The Morgan fingerprint density at radius 1 is 1.60 bits per heavy atom. The third kappa shape index (κ3) is 0.795. The minimum atomic E-state index is 0.749. The molecule has 10 heavy (non-hydrogen) atoms. The van der Waals surface area contributed by atoms with Gasteiger partial charge in [-0.2, -0.15) is 0 Å². The van der Waals surface area contributed by atoms with E-state index in [2.05, 4.69) is 10.3 Å². The molecule has 1 N–H and O–H groups in total. The van der Waals surface area contributed by atoms with Crippen molar-refractivity contribution in [2.45, 2.75) is 0 Å². The first kappa shape index (κ1) is 5.53. The van der Waals surface area contributed by atoms with Gasteiger partial charge >= 0.3 is 0 Å². The summed E-state index contributed by atoms with van der Waals surface area (Å²) >= 11 is 0. The van der Waals surface area contributed by atoms with Crippen LogP contribution in [0.4, 0.5) is 5.69 Å². The monoisotopic (exact) mass is 135 g/mol. The van der Waals surface area contributed by atoms with Crippen molar-refractivity contribution < 1.29 is 4.74 Å². The molecule has 1 radical (unpaired) electrons. The van der Waals surface area contributed by atoms with Gasteiger partial charge in [-0.05, 0) is 0 Å². The van der Waals surface area contributed by atoms with E-state index in [1.54, 1.807) is 19.0 Å².